The van der Waals surface area contributed by atoms with Crippen LogP contribution in [0.5, 0.6) is 0 Å². The molecule has 0 aliphatic heterocycles. The van der Waals surface area contributed by atoms with Crippen molar-refractivity contribution in [3.05, 3.63) is 66.7 Å². The number of amides is 3. The van der Waals surface area contributed by atoms with E-state index in [2.05, 4.69) is 10.6 Å². The van der Waals surface area contributed by atoms with Gasteiger partial charge in [0.15, 0.2) is 0 Å². The zero-order valence-corrected chi connectivity index (χ0v) is 20.1. The summed E-state index contributed by atoms with van der Waals surface area (Å²) in [7, 11) is 0. The second kappa shape index (κ2) is 12.9. The lowest BCUT2D eigenvalue weighted by Gasteiger charge is -2.22. The lowest BCUT2D eigenvalue weighted by atomic mass is 10.1. The molecule has 0 unspecified atom stereocenters. The summed E-state index contributed by atoms with van der Waals surface area (Å²) in [6, 6.07) is 20.5. The van der Waals surface area contributed by atoms with E-state index in [9.17, 15) is 14.4 Å². The number of unbranched alkanes of at least 4 members (excludes halogenated alkanes) is 1. The van der Waals surface area contributed by atoms with Crippen LogP contribution in [-0.4, -0.2) is 58.8 Å². The van der Waals surface area contributed by atoms with Crippen molar-refractivity contribution in [2.45, 2.75) is 26.7 Å². The molecule has 0 saturated carbocycles. The van der Waals surface area contributed by atoms with Crippen LogP contribution in [0.15, 0.2) is 66.7 Å². The van der Waals surface area contributed by atoms with Gasteiger partial charge in [-0.25, -0.2) is 9.48 Å². The Morgan fingerprint density at radius 1 is 1.00 bits per heavy atom. The smallest absolute Gasteiger partial charge is 0.325 e. The molecule has 0 aliphatic carbocycles. The molecule has 0 saturated heterocycles. The van der Waals surface area contributed by atoms with Crippen LogP contribution in [-0.2, 0) is 14.3 Å². The van der Waals surface area contributed by atoms with Gasteiger partial charge in [0.1, 0.15) is 18.9 Å². The first-order valence-corrected chi connectivity index (χ1v) is 11.7. The lowest BCUT2D eigenvalue weighted by Crippen LogP contribution is -2.46. The average Bonchev–Trinajstić information content (AvgIpc) is 3.30. The van der Waals surface area contributed by atoms with Crippen molar-refractivity contribution < 1.29 is 19.1 Å². The molecule has 9 nitrogen and oxygen atoms in total. The van der Waals surface area contributed by atoms with Crippen LogP contribution in [0, 0.1) is 0 Å². The molecule has 3 rings (SSSR count). The summed E-state index contributed by atoms with van der Waals surface area (Å²) in [5, 5.41) is 10.1. The van der Waals surface area contributed by atoms with Crippen molar-refractivity contribution in [3.8, 4) is 16.9 Å². The van der Waals surface area contributed by atoms with E-state index in [1.165, 1.54) is 4.90 Å². The average molecular weight is 478 g/mol. The number of nitrogens with zero attached hydrogens (tertiary/aromatic N) is 3. The molecule has 9 heteroatoms. The van der Waals surface area contributed by atoms with Gasteiger partial charge < -0.3 is 20.3 Å². The van der Waals surface area contributed by atoms with E-state index in [-0.39, 0.29) is 25.6 Å². The third-order valence-corrected chi connectivity index (χ3v) is 5.14. The molecule has 0 radical (unpaired) electrons. The molecular formula is C26H31N5O4. The Morgan fingerprint density at radius 2 is 1.69 bits per heavy atom. The number of para-hydroxylation sites is 1. The van der Waals surface area contributed by atoms with E-state index >= 15 is 0 Å². The number of benzene rings is 2. The fraction of sp³-hybridized carbons (Fsp3) is 0.308. The molecular weight excluding hydrogens is 446 g/mol. The zero-order chi connectivity index (χ0) is 25.0. The van der Waals surface area contributed by atoms with Crippen LogP contribution in [0.3, 0.4) is 0 Å². The first-order chi connectivity index (χ1) is 17.0. The highest BCUT2D eigenvalue weighted by molar-refractivity contribution is 5.94. The SMILES string of the molecule is CCCCN(CC(=O)Nc1cc(-c2ccccc2)nn1-c1ccccc1)C(=O)NCC(=O)OCC. The fourth-order valence-corrected chi connectivity index (χ4v) is 3.41. The lowest BCUT2D eigenvalue weighted by molar-refractivity contribution is -0.141. The van der Waals surface area contributed by atoms with Crippen molar-refractivity contribution >= 4 is 23.7 Å². The van der Waals surface area contributed by atoms with E-state index in [4.69, 9.17) is 9.84 Å². The Hall–Kier alpha value is -4.14. The van der Waals surface area contributed by atoms with Gasteiger partial charge in [-0.1, -0.05) is 61.9 Å². The first kappa shape index (κ1) is 25.5. The predicted octanol–water partition coefficient (Wildman–Crippen LogP) is 3.85. The van der Waals surface area contributed by atoms with E-state index in [1.54, 1.807) is 17.7 Å². The van der Waals surface area contributed by atoms with Gasteiger partial charge in [-0.05, 0) is 25.5 Å². The molecule has 0 fully saturated rings. The van der Waals surface area contributed by atoms with Crippen molar-refractivity contribution in [3.63, 3.8) is 0 Å². The number of hydrogen-bond acceptors (Lipinski definition) is 5. The molecule has 0 spiro atoms. The number of ether oxygens (including phenoxy) is 1. The molecule has 1 heterocycles. The molecule has 2 N–H and O–H groups in total. The van der Waals surface area contributed by atoms with Crippen molar-refractivity contribution in [2.24, 2.45) is 0 Å². The van der Waals surface area contributed by atoms with Gasteiger partial charge in [-0.15, -0.1) is 0 Å². The van der Waals surface area contributed by atoms with Gasteiger partial charge in [0, 0.05) is 18.2 Å². The molecule has 2 aromatic carbocycles. The summed E-state index contributed by atoms with van der Waals surface area (Å²) < 4.78 is 6.51. The second-order valence-corrected chi connectivity index (χ2v) is 7.82. The van der Waals surface area contributed by atoms with Crippen molar-refractivity contribution in [1.29, 1.82) is 0 Å². The number of carbonyl (C=O) groups excluding carboxylic acids is 3. The number of aromatic nitrogens is 2. The number of esters is 1. The first-order valence-electron chi connectivity index (χ1n) is 11.7. The van der Waals surface area contributed by atoms with Crippen LogP contribution in [0.1, 0.15) is 26.7 Å². The third kappa shape index (κ3) is 7.43. The third-order valence-electron chi connectivity index (χ3n) is 5.14. The summed E-state index contributed by atoms with van der Waals surface area (Å²) in [5.74, 6) is -0.410. The van der Waals surface area contributed by atoms with E-state index in [0.29, 0.717) is 18.1 Å². The van der Waals surface area contributed by atoms with Crippen molar-refractivity contribution in [2.75, 3.05) is 31.6 Å². The molecule has 0 bridgehead atoms. The van der Waals surface area contributed by atoms with Crippen molar-refractivity contribution in [1.82, 2.24) is 20.0 Å². The molecule has 3 aromatic rings. The summed E-state index contributed by atoms with van der Waals surface area (Å²) in [6.07, 6.45) is 1.57. The predicted molar refractivity (Wildman–Crippen MR) is 134 cm³/mol. The van der Waals surface area contributed by atoms with Gasteiger partial charge >= 0.3 is 12.0 Å². The van der Waals surface area contributed by atoms with Crippen LogP contribution < -0.4 is 10.6 Å². The Kier molecular flexibility index (Phi) is 9.41. The Morgan fingerprint density at radius 3 is 2.34 bits per heavy atom. The van der Waals surface area contributed by atoms with E-state index in [0.717, 1.165) is 24.1 Å². The Labute approximate surface area is 205 Å². The van der Waals surface area contributed by atoms with E-state index in [1.807, 2.05) is 67.6 Å². The standard InChI is InChI=1S/C26H31N5O4/c1-3-5-16-30(26(34)27-18-25(33)35-4-2)19-24(32)28-23-17-22(20-12-8-6-9-13-20)29-31(23)21-14-10-7-11-15-21/h6-15,17H,3-5,16,18-19H2,1-2H3,(H,27,34)(H,28,32). The highest BCUT2D eigenvalue weighted by Gasteiger charge is 2.20. The van der Waals surface area contributed by atoms with Gasteiger partial charge in [0.2, 0.25) is 5.91 Å². The molecule has 184 valence electrons. The molecule has 0 aliphatic rings. The highest BCUT2D eigenvalue weighted by atomic mass is 16.5. The van der Waals surface area contributed by atoms with Crippen LogP contribution in [0.2, 0.25) is 0 Å². The summed E-state index contributed by atoms with van der Waals surface area (Å²) >= 11 is 0. The quantitative estimate of drug-likeness (QED) is 0.408. The number of nitrogens with one attached hydrogen (secondary N) is 2. The monoisotopic (exact) mass is 477 g/mol. The maximum atomic E-state index is 13.0. The maximum absolute atomic E-state index is 13.0. The van der Waals surface area contributed by atoms with E-state index < -0.39 is 12.0 Å². The fourth-order valence-electron chi connectivity index (χ4n) is 3.41. The number of anilines is 1. The number of urea groups is 1. The van der Waals surface area contributed by atoms with Gasteiger partial charge in [-0.2, -0.15) is 5.10 Å². The van der Waals surface area contributed by atoms with Gasteiger partial charge in [0.05, 0.1) is 18.0 Å². The summed E-state index contributed by atoms with van der Waals surface area (Å²) in [4.78, 5) is 38.6. The van der Waals surface area contributed by atoms with Crippen LogP contribution in [0.4, 0.5) is 10.6 Å². The second-order valence-electron chi connectivity index (χ2n) is 7.82. The minimum Gasteiger partial charge on any atom is -0.465 e. The molecule has 3 amide bonds. The minimum atomic E-state index is -0.527. The Balaban J connectivity index is 1.77. The minimum absolute atomic E-state index is 0.171. The Bertz CT molecular complexity index is 1120. The topological polar surface area (TPSA) is 106 Å². The maximum Gasteiger partial charge on any atom is 0.325 e. The van der Waals surface area contributed by atoms with Crippen LogP contribution in [0.25, 0.3) is 16.9 Å². The molecule has 35 heavy (non-hydrogen) atoms. The summed E-state index contributed by atoms with van der Waals surface area (Å²) in [6.45, 7) is 3.88. The number of carbonyl (C=O) groups is 3. The molecule has 0 atom stereocenters. The van der Waals surface area contributed by atoms with Gasteiger partial charge in [0.25, 0.3) is 0 Å². The molecule has 1 aromatic heterocycles. The number of rotatable bonds is 11. The van der Waals surface area contributed by atoms with Gasteiger partial charge in [-0.3, -0.25) is 9.59 Å². The highest BCUT2D eigenvalue weighted by Crippen LogP contribution is 2.24. The normalized spacial score (nSPS) is 10.5. The largest absolute Gasteiger partial charge is 0.465 e. The van der Waals surface area contributed by atoms with Crippen LogP contribution >= 0.6 is 0 Å². The number of hydrogen-bond donors (Lipinski definition) is 2. The summed E-state index contributed by atoms with van der Waals surface area (Å²) in [5.41, 5.74) is 2.42. The zero-order valence-electron chi connectivity index (χ0n) is 20.1.